The largest absolute Gasteiger partial charge is 0.336 e. The first-order valence-corrected chi connectivity index (χ1v) is 8.79. The van der Waals surface area contributed by atoms with Crippen molar-refractivity contribution in [1.82, 2.24) is 15.1 Å². The van der Waals surface area contributed by atoms with Crippen LogP contribution in [-0.4, -0.2) is 45.1 Å². The topological polar surface area (TPSA) is 49.0 Å². The fraction of sp³-hybridized carbons (Fsp3) is 0.733. The maximum Gasteiger partial charge on any atom is 0.274 e. The molecule has 20 heavy (non-hydrogen) atoms. The predicted octanol–water partition coefficient (Wildman–Crippen LogP) is 3.03. The highest BCUT2D eigenvalue weighted by atomic mass is 32.2. The third kappa shape index (κ3) is 3.19. The summed E-state index contributed by atoms with van der Waals surface area (Å²) in [5.74, 6) is 1.86. The first-order chi connectivity index (χ1) is 9.78. The summed E-state index contributed by atoms with van der Waals surface area (Å²) in [5.41, 5.74) is 1.75. The molecule has 2 aliphatic rings. The molecule has 5 heteroatoms. The lowest BCUT2D eigenvalue weighted by Crippen LogP contribution is -2.35. The second-order valence-corrected chi connectivity index (χ2v) is 7.38. The van der Waals surface area contributed by atoms with Crippen LogP contribution in [0.4, 0.5) is 0 Å². The van der Waals surface area contributed by atoms with Gasteiger partial charge in [-0.05, 0) is 37.5 Å². The number of nitrogens with one attached hydrogen (secondary N) is 1. The minimum atomic E-state index is 0.108. The van der Waals surface area contributed by atoms with E-state index in [1.807, 2.05) is 22.7 Å². The lowest BCUT2D eigenvalue weighted by molar-refractivity contribution is 0.0757. The zero-order valence-corrected chi connectivity index (χ0v) is 12.9. The van der Waals surface area contributed by atoms with Crippen LogP contribution in [0.2, 0.25) is 0 Å². The molecule has 1 saturated heterocycles. The third-order valence-corrected chi connectivity index (χ3v) is 5.34. The van der Waals surface area contributed by atoms with E-state index < -0.39 is 0 Å². The molecule has 0 radical (unpaired) electrons. The van der Waals surface area contributed by atoms with Gasteiger partial charge >= 0.3 is 0 Å². The molecule has 2 heterocycles. The van der Waals surface area contributed by atoms with Crippen molar-refractivity contribution in [1.29, 1.82) is 0 Å². The van der Waals surface area contributed by atoms with E-state index in [2.05, 4.69) is 17.1 Å². The Kier molecular flexibility index (Phi) is 4.34. The molecule has 0 bridgehead atoms. The SMILES string of the molecule is CCS[C@H]1CCCCN(C(=O)c2cc(C3CC3)[nH]n2)C1. The van der Waals surface area contributed by atoms with Gasteiger partial charge in [0, 0.05) is 30.0 Å². The normalized spacial score (nSPS) is 23.6. The van der Waals surface area contributed by atoms with E-state index in [-0.39, 0.29) is 5.91 Å². The monoisotopic (exact) mass is 293 g/mol. The van der Waals surface area contributed by atoms with Crippen LogP contribution in [0.1, 0.15) is 61.1 Å². The molecule has 1 aliphatic carbocycles. The lowest BCUT2D eigenvalue weighted by Gasteiger charge is -2.23. The third-order valence-electron chi connectivity index (χ3n) is 4.15. The molecule has 1 aromatic heterocycles. The van der Waals surface area contributed by atoms with Gasteiger partial charge in [-0.1, -0.05) is 13.3 Å². The molecule has 1 amide bonds. The molecule has 1 atom stereocenters. The summed E-state index contributed by atoms with van der Waals surface area (Å²) in [5, 5.41) is 7.86. The van der Waals surface area contributed by atoms with E-state index in [9.17, 15) is 4.79 Å². The molecular formula is C15H23N3OS. The second-order valence-electron chi connectivity index (χ2n) is 5.81. The number of aromatic nitrogens is 2. The van der Waals surface area contributed by atoms with Gasteiger partial charge in [0.2, 0.25) is 0 Å². The van der Waals surface area contributed by atoms with Crippen molar-refractivity contribution < 1.29 is 4.79 Å². The fourth-order valence-corrected chi connectivity index (χ4v) is 3.96. The Morgan fingerprint density at radius 3 is 3.05 bits per heavy atom. The van der Waals surface area contributed by atoms with Crippen molar-refractivity contribution in [2.24, 2.45) is 0 Å². The molecule has 1 aliphatic heterocycles. The van der Waals surface area contributed by atoms with Gasteiger partial charge in [0.05, 0.1) is 0 Å². The maximum atomic E-state index is 12.6. The summed E-state index contributed by atoms with van der Waals surface area (Å²) in [6.07, 6.45) is 6.04. The molecule has 3 rings (SSSR count). The van der Waals surface area contributed by atoms with Gasteiger partial charge in [0.15, 0.2) is 0 Å². The Balaban J connectivity index is 1.67. The summed E-state index contributed by atoms with van der Waals surface area (Å²) >= 11 is 1.98. The summed E-state index contributed by atoms with van der Waals surface area (Å²) in [6, 6.07) is 1.97. The number of thioether (sulfide) groups is 1. The van der Waals surface area contributed by atoms with Gasteiger partial charge in [-0.3, -0.25) is 9.89 Å². The lowest BCUT2D eigenvalue weighted by atomic mass is 10.2. The van der Waals surface area contributed by atoms with Gasteiger partial charge in [0.1, 0.15) is 5.69 Å². The highest BCUT2D eigenvalue weighted by molar-refractivity contribution is 7.99. The summed E-state index contributed by atoms with van der Waals surface area (Å²) < 4.78 is 0. The van der Waals surface area contributed by atoms with Crippen LogP contribution >= 0.6 is 11.8 Å². The quantitative estimate of drug-likeness (QED) is 0.928. The first-order valence-electron chi connectivity index (χ1n) is 7.74. The maximum absolute atomic E-state index is 12.6. The van der Waals surface area contributed by atoms with E-state index in [4.69, 9.17) is 0 Å². The zero-order chi connectivity index (χ0) is 13.9. The summed E-state index contributed by atoms with van der Waals surface area (Å²) in [4.78, 5) is 14.6. The highest BCUT2D eigenvalue weighted by Crippen LogP contribution is 2.39. The standard InChI is InChI=1S/C15H23N3OS/c1-2-20-12-5-3-4-8-18(10-12)15(19)14-9-13(16-17-14)11-6-7-11/h9,11-12H,2-8,10H2,1H3,(H,16,17)/t12-/m0/s1. The first kappa shape index (κ1) is 14.0. The van der Waals surface area contributed by atoms with Crippen LogP contribution in [0.5, 0.6) is 0 Å². The molecule has 0 unspecified atom stereocenters. The van der Waals surface area contributed by atoms with Crippen molar-refractivity contribution in [3.8, 4) is 0 Å². The van der Waals surface area contributed by atoms with E-state index in [1.54, 1.807) is 0 Å². The van der Waals surface area contributed by atoms with Crippen molar-refractivity contribution in [2.45, 2.75) is 50.2 Å². The summed E-state index contributed by atoms with van der Waals surface area (Å²) in [6.45, 7) is 3.95. The van der Waals surface area contributed by atoms with E-state index in [0.29, 0.717) is 16.9 Å². The Labute approximate surface area is 124 Å². The summed E-state index contributed by atoms with van der Waals surface area (Å²) in [7, 11) is 0. The smallest absolute Gasteiger partial charge is 0.274 e. The Hall–Kier alpha value is -0.970. The average Bonchev–Trinajstić information content (AvgIpc) is 3.22. The highest BCUT2D eigenvalue weighted by Gasteiger charge is 2.28. The number of carbonyl (C=O) groups is 1. The van der Waals surface area contributed by atoms with Crippen molar-refractivity contribution in [3.05, 3.63) is 17.5 Å². The molecule has 1 aromatic rings. The van der Waals surface area contributed by atoms with Crippen LogP contribution in [0.15, 0.2) is 6.07 Å². The molecule has 1 saturated carbocycles. The number of likely N-dealkylation sites (tertiary alicyclic amines) is 1. The fourth-order valence-electron chi connectivity index (χ4n) is 2.87. The molecule has 2 fully saturated rings. The molecular weight excluding hydrogens is 270 g/mol. The number of amides is 1. The number of hydrogen-bond acceptors (Lipinski definition) is 3. The minimum Gasteiger partial charge on any atom is -0.336 e. The van der Waals surface area contributed by atoms with Gasteiger partial charge in [-0.15, -0.1) is 0 Å². The number of rotatable bonds is 4. The number of aromatic amines is 1. The van der Waals surface area contributed by atoms with Crippen LogP contribution in [0.25, 0.3) is 0 Å². The van der Waals surface area contributed by atoms with E-state index in [0.717, 1.165) is 31.0 Å². The van der Waals surface area contributed by atoms with Gasteiger partial charge in [-0.25, -0.2) is 0 Å². The van der Waals surface area contributed by atoms with Gasteiger partial charge < -0.3 is 4.90 Å². The Morgan fingerprint density at radius 2 is 2.30 bits per heavy atom. The number of hydrogen-bond donors (Lipinski definition) is 1. The molecule has 0 aromatic carbocycles. The number of carbonyl (C=O) groups excluding carboxylic acids is 1. The minimum absolute atomic E-state index is 0.108. The van der Waals surface area contributed by atoms with Gasteiger partial charge in [-0.2, -0.15) is 16.9 Å². The molecule has 4 nitrogen and oxygen atoms in total. The Morgan fingerprint density at radius 1 is 1.45 bits per heavy atom. The van der Waals surface area contributed by atoms with Crippen molar-refractivity contribution in [3.63, 3.8) is 0 Å². The number of H-pyrrole nitrogens is 1. The van der Waals surface area contributed by atoms with Crippen molar-refractivity contribution >= 4 is 17.7 Å². The van der Waals surface area contributed by atoms with Crippen molar-refractivity contribution in [2.75, 3.05) is 18.8 Å². The average molecular weight is 293 g/mol. The zero-order valence-electron chi connectivity index (χ0n) is 12.1. The van der Waals surface area contributed by atoms with Crippen LogP contribution in [0.3, 0.4) is 0 Å². The van der Waals surface area contributed by atoms with Crippen LogP contribution < -0.4 is 0 Å². The molecule has 0 spiro atoms. The number of nitrogens with zero attached hydrogens (tertiary/aromatic N) is 2. The molecule has 110 valence electrons. The van der Waals surface area contributed by atoms with E-state index in [1.165, 1.54) is 25.7 Å². The van der Waals surface area contributed by atoms with Gasteiger partial charge in [0.25, 0.3) is 5.91 Å². The predicted molar refractivity (Wildman–Crippen MR) is 82.2 cm³/mol. The van der Waals surface area contributed by atoms with Crippen LogP contribution in [0, 0.1) is 0 Å². The van der Waals surface area contributed by atoms with E-state index >= 15 is 0 Å². The van der Waals surface area contributed by atoms with Crippen LogP contribution in [-0.2, 0) is 0 Å². The second kappa shape index (κ2) is 6.20. The molecule has 1 N–H and O–H groups in total. The Bertz CT molecular complexity index is 469.